The van der Waals surface area contributed by atoms with Crippen LogP contribution in [-0.4, -0.2) is 36.5 Å². The fourth-order valence-electron chi connectivity index (χ4n) is 4.28. The van der Waals surface area contributed by atoms with Crippen LogP contribution in [0.5, 0.6) is 0 Å². The lowest BCUT2D eigenvalue weighted by molar-refractivity contribution is -0.348. The van der Waals surface area contributed by atoms with Crippen molar-refractivity contribution in [1.29, 1.82) is 0 Å². The fourth-order valence-corrected chi connectivity index (χ4v) is 4.28. The number of nitrogens with zero attached hydrogens (tertiary/aromatic N) is 1. The topological polar surface area (TPSA) is 52.6 Å². The minimum absolute atomic E-state index is 0.0690. The molecule has 0 spiro atoms. The highest BCUT2D eigenvalue weighted by atomic mass is 19.4. The van der Waals surface area contributed by atoms with Gasteiger partial charge in [0.25, 0.3) is 5.91 Å². The van der Waals surface area contributed by atoms with E-state index in [1.54, 1.807) is 31.2 Å². The largest absolute Gasteiger partial charge is 0.435 e. The van der Waals surface area contributed by atoms with E-state index in [4.69, 9.17) is 0 Å². The first-order valence-corrected chi connectivity index (χ1v) is 11.5. The molecule has 3 rings (SSSR count). The number of carbonyl (C=O) groups is 1. The molecule has 0 radical (unpaired) electrons. The van der Waals surface area contributed by atoms with E-state index in [1.807, 2.05) is 0 Å². The Kier molecular flexibility index (Phi) is 8.30. The number of alkyl halides is 7. The zero-order valence-corrected chi connectivity index (χ0v) is 20.9. The summed E-state index contributed by atoms with van der Waals surface area (Å²) < 4.78 is 110. The van der Waals surface area contributed by atoms with Gasteiger partial charge in [-0.3, -0.25) is 4.79 Å². The number of carbonyl (C=O) groups excluding carboxylic acids is 1. The predicted molar refractivity (Wildman–Crippen MR) is 130 cm³/mol. The van der Waals surface area contributed by atoms with Gasteiger partial charge in [-0.05, 0) is 55.7 Å². The van der Waals surface area contributed by atoms with Crippen molar-refractivity contribution in [3.63, 3.8) is 0 Å². The molecule has 0 aliphatic carbocycles. The second-order valence-corrected chi connectivity index (χ2v) is 8.90. The van der Waals surface area contributed by atoms with Gasteiger partial charge in [0.15, 0.2) is 5.82 Å². The summed E-state index contributed by atoms with van der Waals surface area (Å²) in [5.41, 5.74) is -7.43. The molecule has 0 aromatic heterocycles. The molecule has 39 heavy (non-hydrogen) atoms. The van der Waals surface area contributed by atoms with Gasteiger partial charge in [0.2, 0.25) is 0 Å². The highest BCUT2D eigenvalue weighted by Gasteiger charge is 2.73. The molecular formula is C27H24F8N2O2. The maximum atomic E-state index is 15.5. The number of halogens is 8. The highest BCUT2D eigenvalue weighted by Crippen LogP contribution is 2.54. The summed E-state index contributed by atoms with van der Waals surface area (Å²) >= 11 is 0. The van der Waals surface area contributed by atoms with Gasteiger partial charge in [0.05, 0.1) is 17.9 Å². The first kappa shape index (κ1) is 29.9. The number of aliphatic hydroxyl groups is 1. The minimum Gasteiger partial charge on any atom is -0.395 e. The average Bonchev–Trinajstić information content (AvgIpc) is 2.83. The standard InChI is InChI=1S/C27H24F8N2O2/c1-15-7-4-5-9-20(15)36-21-10-6-8-19(22(21)28)24(39)37(11-12-38)23-16(2)13-18(14-17(23)3)25(29,26(30,31)32)27(33,34)35/h4-10,13-14,36,38H,11-12H2,1-3H3. The van der Waals surface area contributed by atoms with Gasteiger partial charge in [-0.1, -0.05) is 36.4 Å². The van der Waals surface area contributed by atoms with Gasteiger partial charge >= 0.3 is 18.0 Å². The number of rotatable bonds is 7. The monoisotopic (exact) mass is 560 g/mol. The Morgan fingerprint density at radius 3 is 1.87 bits per heavy atom. The average molecular weight is 560 g/mol. The highest BCUT2D eigenvalue weighted by molar-refractivity contribution is 6.07. The molecule has 1 amide bonds. The van der Waals surface area contributed by atoms with Gasteiger partial charge in [0, 0.05) is 23.5 Å². The van der Waals surface area contributed by atoms with E-state index in [0.29, 0.717) is 17.8 Å². The van der Waals surface area contributed by atoms with Gasteiger partial charge in [-0.15, -0.1) is 0 Å². The van der Waals surface area contributed by atoms with Crippen LogP contribution in [0.4, 0.5) is 52.2 Å². The molecule has 0 bridgehead atoms. The second-order valence-electron chi connectivity index (χ2n) is 8.90. The van der Waals surface area contributed by atoms with E-state index < -0.39 is 54.0 Å². The van der Waals surface area contributed by atoms with Crippen LogP contribution in [0.1, 0.15) is 32.6 Å². The molecule has 0 aliphatic rings. The summed E-state index contributed by atoms with van der Waals surface area (Å²) in [7, 11) is 0. The lowest BCUT2D eigenvalue weighted by Crippen LogP contribution is -2.50. The summed E-state index contributed by atoms with van der Waals surface area (Å²) in [5.74, 6) is -2.00. The molecule has 12 heteroatoms. The molecule has 0 saturated heterocycles. The van der Waals surface area contributed by atoms with Crippen LogP contribution < -0.4 is 10.2 Å². The van der Waals surface area contributed by atoms with Crippen LogP contribution in [0.2, 0.25) is 0 Å². The van der Waals surface area contributed by atoms with Crippen molar-refractivity contribution >= 4 is 23.0 Å². The van der Waals surface area contributed by atoms with Crippen molar-refractivity contribution in [2.75, 3.05) is 23.4 Å². The van der Waals surface area contributed by atoms with Gasteiger partial charge in [-0.2, -0.15) is 26.3 Å². The van der Waals surface area contributed by atoms with Crippen molar-refractivity contribution in [2.24, 2.45) is 0 Å². The molecular weight excluding hydrogens is 536 g/mol. The van der Waals surface area contributed by atoms with Crippen LogP contribution in [0, 0.1) is 26.6 Å². The minimum atomic E-state index is -6.32. The van der Waals surface area contributed by atoms with E-state index in [-0.39, 0.29) is 22.5 Å². The summed E-state index contributed by atoms with van der Waals surface area (Å²) in [5, 5.41) is 12.4. The van der Waals surface area contributed by atoms with Gasteiger partial charge in [-0.25, -0.2) is 8.78 Å². The molecule has 3 aromatic carbocycles. The Bertz CT molecular complexity index is 1330. The molecule has 0 saturated carbocycles. The van der Waals surface area contributed by atoms with E-state index in [0.717, 1.165) is 30.4 Å². The first-order valence-electron chi connectivity index (χ1n) is 11.5. The molecule has 210 valence electrons. The Morgan fingerprint density at radius 1 is 0.821 bits per heavy atom. The third kappa shape index (κ3) is 5.56. The zero-order valence-electron chi connectivity index (χ0n) is 20.9. The SMILES string of the molecule is Cc1ccccc1Nc1cccc(C(=O)N(CCO)c2c(C)cc(C(F)(C(F)(F)F)C(F)(F)F)cc2C)c1F. The number of nitrogens with one attached hydrogen (secondary N) is 1. The maximum absolute atomic E-state index is 15.5. The molecule has 0 aliphatic heterocycles. The van der Waals surface area contributed by atoms with Crippen molar-refractivity contribution in [1.82, 2.24) is 0 Å². The number of hydrogen-bond donors (Lipinski definition) is 2. The molecule has 2 N–H and O–H groups in total. The third-order valence-corrected chi connectivity index (χ3v) is 6.15. The number of benzene rings is 3. The Balaban J connectivity index is 2.10. The lowest BCUT2D eigenvalue weighted by Gasteiger charge is -2.32. The molecule has 0 fully saturated rings. The van der Waals surface area contributed by atoms with E-state index >= 15 is 4.39 Å². The second kappa shape index (κ2) is 10.8. The zero-order chi connectivity index (χ0) is 29.3. The third-order valence-electron chi connectivity index (χ3n) is 6.15. The van der Waals surface area contributed by atoms with Crippen molar-refractivity contribution in [3.8, 4) is 0 Å². The number of aryl methyl sites for hydroxylation is 3. The van der Waals surface area contributed by atoms with E-state index in [9.17, 15) is 40.6 Å². The number of para-hydroxylation sites is 1. The van der Waals surface area contributed by atoms with Crippen LogP contribution in [0.3, 0.4) is 0 Å². The van der Waals surface area contributed by atoms with E-state index in [1.165, 1.54) is 12.1 Å². The maximum Gasteiger partial charge on any atom is 0.435 e. The number of aliphatic hydroxyl groups excluding tert-OH is 1. The lowest BCUT2D eigenvalue weighted by atomic mass is 9.90. The quantitative estimate of drug-likeness (QED) is 0.296. The Hall–Kier alpha value is -3.67. The predicted octanol–water partition coefficient (Wildman–Crippen LogP) is 7.42. The normalized spacial score (nSPS) is 12.4. The Labute approximate surface area is 218 Å². The Morgan fingerprint density at radius 2 is 1.36 bits per heavy atom. The van der Waals surface area contributed by atoms with Gasteiger partial charge in [0.1, 0.15) is 0 Å². The molecule has 0 atom stereocenters. The number of anilines is 3. The van der Waals surface area contributed by atoms with Crippen molar-refractivity contribution in [2.45, 2.75) is 38.8 Å². The summed E-state index contributed by atoms with van der Waals surface area (Å²) in [6.45, 7) is 2.80. The summed E-state index contributed by atoms with van der Waals surface area (Å²) in [4.78, 5) is 14.3. The van der Waals surface area contributed by atoms with Crippen LogP contribution in [0.25, 0.3) is 0 Å². The molecule has 0 heterocycles. The number of amides is 1. The molecule has 3 aromatic rings. The van der Waals surface area contributed by atoms with Crippen molar-refractivity contribution in [3.05, 3.63) is 88.2 Å². The molecule has 0 unspecified atom stereocenters. The van der Waals surface area contributed by atoms with Crippen molar-refractivity contribution < 1.29 is 45.0 Å². The van der Waals surface area contributed by atoms with Crippen LogP contribution in [-0.2, 0) is 5.67 Å². The summed E-state index contributed by atoms with van der Waals surface area (Å²) in [6, 6.07) is 11.5. The van der Waals surface area contributed by atoms with Crippen LogP contribution in [0.15, 0.2) is 54.6 Å². The smallest absolute Gasteiger partial charge is 0.395 e. The number of hydrogen-bond acceptors (Lipinski definition) is 3. The summed E-state index contributed by atoms with van der Waals surface area (Å²) in [6.07, 6.45) is -12.6. The van der Waals surface area contributed by atoms with Crippen LogP contribution >= 0.6 is 0 Å². The fraction of sp³-hybridized carbons (Fsp3) is 0.296. The van der Waals surface area contributed by atoms with Gasteiger partial charge < -0.3 is 15.3 Å². The first-order chi connectivity index (χ1) is 18.0. The van der Waals surface area contributed by atoms with E-state index in [2.05, 4.69) is 5.32 Å². The molecule has 4 nitrogen and oxygen atoms in total.